The number of nitrogens with one attached hydrogen (secondary N) is 1. The number of aliphatic hydroxyl groups is 1. The fourth-order valence-electron chi connectivity index (χ4n) is 3.20. The topological polar surface area (TPSA) is 70.4 Å². The third-order valence-electron chi connectivity index (χ3n) is 4.73. The van der Waals surface area contributed by atoms with E-state index in [2.05, 4.69) is 16.5 Å². The molecule has 0 radical (unpaired) electrons. The lowest BCUT2D eigenvalue weighted by Crippen LogP contribution is -2.41. The molecule has 0 aromatic carbocycles. The summed E-state index contributed by atoms with van der Waals surface area (Å²) in [7, 11) is 1.83. The summed E-state index contributed by atoms with van der Waals surface area (Å²) in [6.45, 7) is 2.62. The zero-order valence-electron chi connectivity index (χ0n) is 14.1. The van der Waals surface area contributed by atoms with Crippen LogP contribution in [0.25, 0.3) is 0 Å². The minimum Gasteiger partial charge on any atom is -0.394 e. The molecule has 0 unspecified atom stereocenters. The molecule has 2 aromatic rings. The van der Waals surface area contributed by atoms with E-state index < -0.39 is 0 Å². The van der Waals surface area contributed by atoms with Gasteiger partial charge in [-0.25, -0.2) is 4.79 Å². The van der Waals surface area contributed by atoms with Crippen LogP contribution in [0.15, 0.2) is 23.7 Å². The van der Waals surface area contributed by atoms with Gasteiger partial charge in [0.05, 0.1) is 31.4 Å². The highest BCUT2D eigenvalue weighted by molar-refractivity contribution is 7.10. The maximum atomic E-state index is 12.6. The van der Waals surface area contributed by atoms with Crippen LogP contribution in [0.4, 0.5) is 4.79 Å². The van der Waals surface area contributed by atoms with Crippen LogP contribution in [0.5, 0.6) is 0 Å². The highest BCUT2D eigenvalue weighted by Crippen LogP contribution is 2.30. The third-order valence-corrected chi connectivity index (χ3v) is 5.77. The van der Waals surface area contributed by atoms with Crippen molar-refractivity contribution in [1.29, 1.82) is 0 Å². The second-order valence-corrected chi connectivity index (χ2v) is 7.17. The highest BCUT2D eigenvalue weighted by Gasteiger charge is 2.27. The van der Waals surface area contributed by atoms with Gasteiger partial charge in [0.25, 0.3) is 0 Å². The second-order valence-electron chi connectivity index (χ2n) is 6.19. The molecule has 130 valence electrons. The van der Waals surface area contributed by atoms with Crippen LogP contribution >= 0.6 is 11.3 Å². The predicted molar refractivity (Wildman–Crippen MR) is 94.0 cm³/mol. The molecule has 2 N–H and O–H groups in total. The lowest BCUT2D eigenvalue weighted by Gasteiger charge is -2.29. The first-order valence-corrected chi connectivity index (χ1v) is 9.22. The van der Waals surface area contributed by atoms with Gasteiger partial charge in [-0.05, 0) is 37.6 Å². The first-order valence-electron chi connectivity index (χ1n) is 8.34. The summed E-state index contributed by atoms with van der Waals surface area (Å²) in [5.41, 5.74) is 2.22. The van der Waals surface area contributed by atoms with E-state index >= 15 is 0 Å². The minimum absolute atomic E-state index is 0.00771. The first-order chi connectivity index (χ1) is 11.6. The van der Waals surface area contributed by atoms with E-state index in [0.717, 1.165) is 30.5 Å². The van der Waals surface area contributed by atoms with Gasteiger partial charge in [-0.15, -0.1) is 11.3 Å². The van der Waals surface area contributed by atoms with Crippen molar-refractivity contribution in [1.82, 2.24) is 20.0 Å². The first kappa shape index (κ1) is 17.0. The number of carbonyl (C=O) groups excluding carboxylic acids is 1. The van der Waals surface area contributed by atoms with Gasteiger partial charge in [0.15, 0.2) is 0 Å². The fraction of sp³-hybridized carbons (Fsp3) is 0.529. The van der Waals surface area contributed by atoms with Gasteiger partial charge in [-0.2, -0.15) is 5.10 Å². The standard InChI is InChI=1S/C17H24N4O2S/c1-12(16-7-4-10-24-16)20(2)17(23)19-14-5-3-6-15-13(14)11-18-21(15)8-9-22/h4,7,10-12,14,22H,3,5-6,8-9H2,1-2H3,(H,19,23)/t12-,14-/m0/s1. The number of hydrogen-bond donors (Lipinski definition) is 2. The van der Waals surface area contributed by atoms with Crippen LogP contribution < -0.4 is 5.32 Å². The Morgan fingerprint density at radius 1 is 1.62 bits per heavy atom. The van der Waals surface area contributed by atoms with Crippen molar-refractivity contribution in [3.05, 3.63) is 39.8 Å². The second kappa shape index (κ2) is 7.36. The van der Waals surface area contributed by atoms with Crippen molar-refractivity contribution in [3.8, 4) is 0 Å². The van der Waals surface area contributed by atoms with Crippen molar-refractivity contribution >= 4 is 17.4 Å². The van der Waals surface area contributed by atoms with Crippen molar-refractivity contribution in [2.45, 2.75) is 44.8 Å². The van der Waals surface area contributed by atoms with Crippen LogP contribution in [0.2, 0.25) is 0 Å². The van der Waals surface area contributed by atoms with Crippen molar-refractivity contribution in [3.63, 3.8) is 0 Å². The largest absolute Gasteiger partial charge is 0.394 e. The molecule has 0 saturated heterocycles. The van der Waals surface area contributed by atoms with E-state index in [-0.39, 0.29) is 24.7 Å². The van der Waals surface area contributed by atoms with Crippen LogP contribution in [0, 0.1) is 0 Å². The lowest BCUT2D eigenvalue weighted by molar-refractivity contribution is 0.189. The Labute approximate surface area is 146 Å². The molecule has 0 aliphatic heterocycles. The van der Waals surface area contributed by atoms with Gasteiger partial charge in [-0.3, -0.25) is 4.68 Å². The molecule has 2 amide bonds. The summed E-state index contributed by atoms with van der Waals surface area (Å²) in [4.78, 5) is 15.6. The van der Waals surface area contributed by atoms with E-state index in [1.54, 1.807) is 16.2 Å². The Bertz CT molecular complexity index is 683. The Kier molecular flexibility index (Phi) is 5.20. The Morgan fingerprint density at radius 2 is 2.46 bits per heavy atom. The Balaban J connectivity index is 1.69. The molecule has 0 saturated carbocycles. The molecule has 2 atom stereocenters. The predicted octanol–water partition coefficient (Wildman–Crippen LogP) is 2.72. The number of aromatic nitrogens is 2. The molecule has 0 spiro atoms. The smallest absolute Gasteiger partial charge is 0.318 e. The molecule has 0 fully saturated rings. The number of thiophene rings is 1. The Hall–Kier alpha value is -1.86. The summed E-state index contributed by atoms with van der Waals surface area (Å²) >= 11 is 1.66. The van der Waals surface area contributed by atoms with E-state index in [1.807, 2.05) is 36.3 Å². The molecule has 0 bridgehead atoms. The highest BCUT2D eigenvalue weighted by atomic mass is 32.1. The number of amides is 2. The van der Waals surface area contributed by atoms with E-state index in [0.29, 0.717) is 6.54 Å². The van der Waals surface area contributed by atoms with Crippen molar-refractivity contribution in [2.75, 3.05) is 13.7 Å². The zero-order valence-corrected chi connectivity index (χ0v) is 14.9. The number of aliphatic hydroxyl groups excluding tert-OH is 1. The van der Waals surface area contributed by atoms with E-state index in [9.17, 15) is 4.79 Å². The maximum Gasteiger partial charge on any atom is 0.318 e. The lowest BCUT2D eigenvalue weighted by atomic mass is 9.93. The number of carbonyl (C=O) groups is 1. The number of nitrogens with zero attached hydrogens (tertiary/aromatic N) is 3. The third kappa shape index (κ3) is 3.32. The number of hydrogen-bond acceptors (Lipinski definition) is 4. The normalized spacial score (nSPS) is 18.0. The molecular formula is C17H24N4O2S. The van der Waals surface area contributed by atoms with Gasteiger partial charge in [-0.1, -0.05) is 6.07 Å². The zero-order chi connectivity index (χ0) is 17.1. The average Bonchev–Trinajstić information content (AvgIpc) is 3.24. The van der Waals surface area contributed by atoms with Gasteiger partial charge in [0.1, 0.15) is 0 Å². The quantitative estimate of drug-likeness (QED) is 0.873. The van der Waals surface area contributed by atoms with Crippen molar-refractivity contribution < 1.29 is 9.90 Å². The molecule has 6 nitrogen and oxygen atoms in total. The number of urea groups is 1. The van der Waals surface area contributed by atoms with Crippen LogP contribution in [0.3, 0.4) is 0 Å². The number of rotatable bonds is 5. The molecule has 3 rings (SSSR count). The van der Waals surface area contributed by atoms with E-state index in [4.69, 9.17) is 5.11 Å². The molecule has 1 aliphatic carbocycles. The van der Waals surface area contributed by atoms with Gasteiger partial charge in [0.2, 0.25) is 0 Å². The summed E-state index contributed by atoms with van der Waals surface area (Å²) < 4.78 is 1.85. The SMILES string of the molecule is C[C@@H](c1cccs1)N(C)C(=O)N[C@H]1CCCc2c1cnn2CCO. The van der Waals surface area contributed by atoms with Gasteiger partial charge >= 0.3 is 6.03 Å². The fourth-order valence-corrected chi connectivity index (χ4v) is 4.03. The molecule has 24 heavy (non-hydrogen) atoms. The van der Waals surface area contributed by atoms with Gasteiger partial charge in [0, 0.05) is 23.2 Å². The number of fused-ring (bicyclic) bond motifs is 1. The molecular weight excluding hydrogens is 324 g/mol. The van der Waals surface area contributed by atoms with Gasteiger partial charge < -0.3 is 15.3 Å². The van der Waals surface area contributed by atoms with E-state index in [1.165, 1.54) is 4.88 Å². The summed E-state index contributed by atoms with van der Waals surface area (Å²) in [5.74, 6) is 0. The van der Waals surface area contributed by atoms with Crippen molar-refractivity contribution in [2.24, 2.45) is 0 Å². The van der Waals surface area contributed by atoms with Crippen LogP contribution in [0.1, 0.15) is 48.0 Å². The Morgan fingerprint density at radius 3 is 3.17 bits per heavy atom. The van der Waals surface area contributed by atoms with Crippen LogP contribution in [-0.2, 0) is 13.0 Å². The summed E-state index contributed by atoms with van der Waals surface area (Å²) in [6, 6.07) is 4.03. The molecule has 7 heteroatoms. The molecule has 1 aliphatic rings. The van der Waals surface area contributed by atoms with Crippen LogP contribution in [-0.4, -0.2) is 39.5 Å². The average molecular weight is 348 g/mol. The summed E-state index contributed by atoms with van der Waals surface area (Å²) in [6.07, 6.45) is 4.71. The maximum absolute atomic E-state index is 12.6. The molecule has 2 aromatic heterocycles. The summed E-state index contributed by atoms with van der Waals surface area (Å²) in [5, 5.41) is 18.7. The monoisotopic (exact) mass is 348 g/mol. The molecule has 2 heterocycles. The minimum atomic E-state index is -0.0661.